The van der Waals surface area contributed by atoms with E-state index >= 15 is 0 Å². The van der Waals surface area contributed by atoms with E-state index in [0.717, 1.165) is 47.4 Å². The average Bonchev–Trinajstić information content (AvgIpc) is 3.07. The number of rotatable bonds is 3. The third-order valence-electron chi connectivity index (χ3n) is 6.73. The van der Waals surface area contributed by atoms with E-state index in [0.29, 0.717) is 12.1 Å². The van der Waals surface area contributed by atoms with Crippen LogP contribution >= 0.6 is 0 Å². The van der Waals surface area contributed by atoms with Crippen molar-refractivity contribution < 1.29 is 4.79 Å². The van der Waals surface area contributed by atoms with Gasteiger partial charge in [-0.25, -0.2) is 4.79 Å². The smallest absolute Gasteiger partial charge is 0.328 e. The Morgan fingerprint density at radius 2 is 1.70 bits per heavy atom. The molecule has 0 N–H and O–H groups in total. The fourth-order valence-electron chi connectivity index (χ4n) is 4.93. The summed E-state index contributed by atoms with van der Waals surface area (Å²) in [5.41, 5.74) is 6.51. The van der Waals surface area contributed by atoms with Gasteiger partial charge in [-0.15, -0.1) is 0 Å². The molecule has 5 rings (SSSR count). The number of carbonyl (C=O) groups is 1. The van der Waals surface area contributed by atoms with Gasteiger partial charge in [-0.2, -0.15) is 0 Å². The topological polar surface area (TPSA) is 60.1 Å². The molecule has 0 saturated carbocycles. The molecule has 0 unspecified atom stereocenters. The Labute approximate surface area is 193 Å². The summed E-state index contributed by atoms with van der Waals surface area (Å²) in [5, 5.41) is 0. The van der Waals surface area contributed by atoms with Crippen molar-refractivity contribution in [3.05, 3.63) is 88.1 Å². The molecule has 0 aliphatic carbocycles. The largest absolute Gasteiger partial charge is 0.338 e. The lowest BCUT2D eigenvalue weighted by atomic mass is 9.92. The normalized spacial score (nSPS) is 16.3. The maximum absolute atomic E-state index is 13.4. The van der Waals surface area contributed by atoms with Gasteiger partial charge < -0.3 is 4.90 Å². The van der Waals surface area contributed by atoms with Crippen LogP contribution in [0.25, 0.3) is 22.2 Å². The molecule has 0 radical (unpaired) electrons. The number of hydrogen-bond acceptors (Lipinski definition) is 3. The predicted molar refractivity (Wildman–Crippen MR) is 130 cm³/mol. The van der Waals surface area contributed by atoms with Crippen molar-refractivity contribution in [3.63, 3.8) is 0 Å². The van der Waals surface area contributed by atoms with E-state index in [1.165, 1.54) is 5.56 Å². The van der Waals surface area contributed by atoms with Crippen LogP contribution in [0.15, 0.2) is 65.5 Å². The number of aryl methyl sites for hydroxylation is 3. The van der Waals surface area contributed by atoms with Crippen LogP contribution in [0.1, 0.15) is 40.5 Å². The standard InChI is InChI=1S/C27H28N4O2/c1-18-14-22(19-8-5-4-6-9-19)15-23(28-18)21-10-7-13-31(17-21)26(32)20-11-12-24-25(16-20)30(3)27(33)29(24)2/h4-6,8-9,11-12,14-16,21H,7,10,13,17H2,1-3H3/t21-/m0/s1. The Morgan fingerprint density at radius 3 is 2.48 bits per heavy atom. The molecule has 4 aromatic rings. The second kappa shape index (κ2) is 8.35. The maximum atomic E-state index is 13.4. The Kier molecular flexibility index (Phi) is 5.36. The number of benzene rings is 2. The van der Waals surface area contributed by atoms with E-state index in [1.807, 2.05) is 48.2 Å². The van der Waals surface area contributed by atoms with Gasteiger partial charge in [0.15, 0.2) is 0 Å². The van der Waals surface area contributed by atoms with Crippen molar-refractivity contribution in [2.24, 2.45) is 14.1 Å². The maximum Gasteiger partial charge on any atom is 0.328 e. The monoisotopic (exact) mass is 440 g/mol. The first kappa shape index (κ1) is 21.2. The van der Waals surface area contributed by atoms with Crippen LogP contribution in [-0.4, -0.2) is 38.0 Å². The number of imidazole rings is 1. The molecule has 6 nitrogen and oxygen atoms in total. The van der Waals surface area contributed by atoms with Gasteiger partial charge in [0.25, 0.3) is 5.91 Å². The van der Waals surface area contributed by atoms with Gasteiger partial charge in [-0.3, -0.25) is 18.9 Å². The fraction of sp³-hybridized carbons (Fsp3) is 0.296. The molecule has 2 aromatic heterocycles. The van der Waals surface area contributed by atoms with Gasteiger partial charge in [-0.05, 0) is 61.2 Å². The van der Waals surface area contributed by atoms with Crippen LogP contribution in [0.2, 0.25) is 0 Å². The summed E-state index contributed by atoms with van der Waals surface area (Å²) in [5.74, 6) is 0.212. The summed E-state index contributed by atoms with van der Waals surface area (Å²) in [7, 11) is 3.49. The Morgan fingerprint density at radius 1 is 0.939 bits per heavy atom. The third kappa shape index (κ3) is 3.86. The van der Waals surface area contributed by atoms with Crippen LogP contribution in [-0.2, 0) is 14.1 Å². The number of pyridine rings is 1. The molecule has 1 amide bonds. The van der Waals surface area contributed by atoms with E-state index in [1.54, 1.807) is 23.2 Å². The van der Waals surface area contributed by atoms with Crippen LogP contribution < -0.4 is 5.69 Å². The molecule has 1 atom stereocenters. The van der Waals surface area contributed by atoms with Crippen LogP contribution in [0, 0.1) is 6.92 Å². The number of fused-ring (bicyclic) bond motifs is 1. The lowest BCUT2D eigenvalue weighted by Crippen LogP contribution is -2.39. The highest BCUT2D eigenvalue weighted by atomic mass is 16.2. The van der Waals surface area contributed by atoms with Crippen LogP contribution in [0.5, 0.6) is 0 Å². The molecule has 6 heteroatoms. The van der Waals surface area contributed by atoms with E-state index < -0.39 is 0 Å². The van der Waals surface area contributed by atoms with Gasteiger partial charge in [-0.1, -0.05) is 30.3 Å². The number of likely N-dealkylation sites (tertiary alicyclic amines) is 1. The molecule has 0 bridgehead atoms. The first-order valence-electron chi connectivity index (χ1n) is 11.4. The van der Waals surface area contributed by atoms with Gasteiger partial charge in [0.05, 0.1) is 11.0 Å². The number of hydrogen-bond donors (Lipinski definition) is 0. The van der Waals surface area contributed by atoms with Crippen LogP contribution in [0.3, 0.4) is 0 Å². The van der Waals surface area contributed by atoms with Crippen molar-refractivity contribution in [1.29, 1.82) is 0 Å². The molecule has 3 heterocycles. The van der Waals surface area contributed by atoms with Crippen molar-refractivity contribution in [1.82, 2.24) is 19.0 Å². The summed E-state index contributed by atoms with van der Waals surface area (Å²) in [6.45, 7) is 3.41. The first-order chi connectivity index (χ1) is 15.9. The Balaban J connectivity index is 1.42. The van der Waals surface area contributed by atoms with Gasteiger partial charge >= 0.3 is 5.69 Å². The zero-order chi connectivity index (χ0) is 23.1. The Bertz CT molecular complexity index is 1400. The van der Waals surface area contributed by atoms with E-state index in [2.05, 4.69) is 24.3 Å². The second-order valence-corrected chi connectivity index (χ2v) is 8.98. The van der Waals surface area contributed by atoms with Crippen molar-refractivity contribution >= 4 is 16.9 Å². The molecule has 1 aliphatic heterocycles. The molecule has 0 spiro atoms. The van der Waals surface area contributed by atoms with Crippen molar-refractivity contribution in [2.45, 2.75) is 25.7 Å². The quantitative estimate of drug-likeness (QED) is 0.478. The predicted octanol–water partition coefficient (Wildman–Crippen LogP) is 4.27. The molecule has 1 aliphatic rings. The van der Waals surface area contributed by atoms with E-state index in [-0.39, 0.29) is 17.5 Å². The molecular weight excluding hydrogens is 412 g/mol. The highest BCUT2D eigenvalue weighted by molar-refractivity contribution is 5.97. The van der Waals surface area contributed by atoms with E-state index in [9.17, 15) is 9.59 Å². The van der Waals surface area contributed by atoms with Crippen molar-refractivity contribution in [3.8, 4) is 11.1 Å². The third-order valence-corrected chi connectivity index (χ3v) is 6.73. The summed E-state index contributed by atoms with van der Waals surface area (Å²) < 4.78 is 3.20. The highest BCUT2D eigenvalue weighted by Crippen LogP contribution is 2.30. The average molecular weight is 441 g/mol. The fourth-order valence-corrected chi connectivity index (χ4v) is 4.93. The van der Waals surface area contributed by atoms with Crippen molar-refractivity contribution in [2.75, 3.05) is 13.1 Å². The number of piperidine rings is 1. The van der Waals surface area contributed by atoms with E-state index in [4.69, 9.17) is 4.98 Å². The number of amides is 1. The number of aromatic nitrogens is 3. The number of carbonyl (C=O) groups excluding carboxylic acids is 1. The molecule has 2 aromatic carbocycles. The minimum absolute atomic E-state index is 0.00818. The molecule has 168 valence electrons. The zero-order valence-corrected chi connectivity index (χ0v) is 19.3. The zero-order valence-electron chi connectivity index (χ0n) is 19.3. The summed E-state index contributed by atoms with van der Waals surface area (Å²) in [6.07, 6.45) is 1.96. The minimum Gasteiger partial charge on any atom is -0.338 e. The van der Waals surface area contributed by atoms with Crippen LogP contribution in [0.4, 0.5) is 0 Å². The second-order valence-electron chi connectivity index (χ2n) is 8.98. The SMILES string of the molecule is Cc1cc(-c2ccccc2)cc([C@H]2CCCN(C(=O)c3ccc4c(c3)n(C)c(=O)n4C)C2)n1. The lowest BCUT2D eigenvalue weighted by Gasteiger charge is -2.33. The summed E-state index contributed by atoms with van der Waals surface area (Å²) in [4.78, 5) is 32.4. The lowest BCUT2D eigenvalue weighted by molar-refractivity contribution is 0.0706. The molecule has 33 heavy (non-hydrogen) atoms. The highest BCUT2D eigenvalue weighted by Gasteiger charge is 2.27. The summed E-state index contributed by atoms with van der Waals surface area (Å²) in [6, 6.07) is 20.2. The first-order valence-corrected chi connectivity index (χ1v) is 11.4. The Hall–Kier alpha value is -3.67. The van der Waals surface area contributed by atoms with Gasteiger partial charge in [0, 0.05) is 50.1 Å². The number of nitrogens with zero attached hydrogens (tertiary/aromatic N) is 4. The molecular formula is C27H28N4O2. The van der Waals surface area contributed by atoms with Gasteiger partial charge in [0.1, 0.15) is 0 Å². The minimum atomic E-state index is -0.0904. The molecule has 1 fully saturated rings. The summed E-state index contributed by atoms with van der Waals surface area (Å²) >= 11 is 0. The molecule has 1 saturated heterocycles. The van der Waals surface area contributed by atoms with Gasteiger partial charge in [0.2, 0.25) is 0 Å².